The molecule has 1 aliphatic carbocycles. The molecule has 0 saturated heterocycles. The molecule has 0 aromatic carbocycles. The summed E-state index contributed by atoms with van der Waals surface area (Å²) in [7, 11) is 0. The molecule has 2 unspecified atom stereocenters. The Morgan fingerprint density at radius 1 is 1.17 bits per heavy atom. The number of rotatable bonds is 1. The third-order valence-electron chi connectivity index (χ3n) is 3.10. The lowest BCUT2D eigenvalue weighted by molar-refractivity contribution is 0.185. The highest BCUT2D eigenvalue weighted by molar-refractivity contribution is 5.60. The predicted octanol–water partition coefficient (Wildman–Crippen LogP) is 2.76. The van der Waals surface area contributed by atoms with Gasteiger partial charge in [-0.3, -0.25) is 0 Å². The molecule has 0 bridgehead atoms. The first-order valence-corrected chi connectivity index (χ1v) is 4.82. The number of oxime groups is 1. The highest BCUT2D eigenvalue weighted by Gasteiger charge is 2.29. The van der Waals surface area contributed by atoms with Crippen LogP contribution >= 0.6 is 0 Å². The van der Waals surface area contributed by atoms with Crippen LogP contribution in [0.2, 0.25) is 0 Å². The van der Waals surface area contributed by atoms with Crippen LogP contribution in [-0.4, -0.2) is 11.4 Å². The first-order chi connectivity index (χ1) is 5.65. The molecule has 70 valence electrons. The van der Waals surface area contributed by atoms with Crippen molar-refractivity contribution in [2.45, 2.75) is 33.6 Å². The van der Waals surface area contributed by atoms with E-state index < -0.39 is 0 Å². The van der Waals surface area contributed by atoms with Crippen LogP contribution in [0.1, 0.15) is 33.6 Å². The van der Waals surface area contributed by atoms with E-state index in [2.05, 4.69) is 25.9 Å². The molecule has 12 heavy (non-hydrogen) atoms. The van der Waals surface area contributed by atoms with Crippen LogP contribution in [0.4, 0.5) is 0 Å². The van der Waals surface area contributed by atoms with Gasteiger partial charge in [0, 0.05) is 12.1 Å². The van der Waals surface area contributed by atoms with Crippen LogP contribution in [-0.2, 0) is 0 Å². The van der Waals surface area contributed by atoms with Crippen LogP contribution in [0.3, 0.4) is 0 Å². The average Bonchev–Trinajstić information content (AvgIpc) is 1.96. The molecule has 0 radical (unpaired) electrons. The first kappa shape index (κ1) is 9.56. The summed E-state index contributed by atoms with van der Waals surface area (Å²) in [6, 6.07) is 0. The molecule has 0 aromatic rings. The van der Waals surface area contributed by atoms with Gasteiger partial charge in [0.05, 0.1) is 0 Å². The normalized spacial score (nSPS) is 43.6. The van der Waals surface area contributed by atoms with Gasteiger partial charge in [0.2, 0.25) is 0 Å². The largest absolute Gasteiger partial charge is 0.411 e. The van der Waals surface area contributed by atoms with Crippen molar-refractivity contribution in [3.63, 3.8) is 0 Å². The number of hydrogen-bond donors (Lipinski definition) is 1. The zero-order valence-corrected chi connectivity index (χ0v) is 8.20. The standard InChI is InChI=1S/C10H19NO/c1-7-4-8(2)10(6-11-12)9(3)5-7/h6-10,12H,4-5H2,1-3H3/b11-6+. The maximum absolute atomic E-state index is 8.49. The third-order valence-corrected chi connectivity index (χ3v) is 3.10. The summed E-state index contributed by atoms with van der Waals surface area (Å²) in [5.41, 5.74) is 0. The molecule has 2 atom stereocenters. The molecule has 2 nitrogen and oxygen atoms in total. The van der Waals surface area contributed by atoms with E-state index in [4.69, 9.17) is 5.21 Å². The molecule has 1 rings (SSSR count). The van der Waals surface area contributed by atoms with Crippen LogP contribution in [0.15, 0.2) is 5.16 Å². The van der Waals surface area contributed by atoms with Crippen LogP contribution in [0.5, 0.6) is 0 Å². The lowest BCUT2D eigenvalue weighted by atomic mass is 9.70. The molecule has 0 aliphatic heterocycles. The molecule has 1 saturated carbocycles. The summed E-state index contributed by atoms with van der Waals surface area (Å²) in [5.74, 6) is 2.64. The molecule has 0 amide bonds. The molecule has 0 aromatic heterocycles. The zero-order valence-electron chi connectivity index (χ0n) is 8.20. The van der Waals surface area contributed by atoms with Gasteiger partial charge in [0.25, 0.3) is 0 Å². The van der Waals surface area contributed by atoms with Gasteiger partial charge >= 0.3 is 0 Å². The monoisotopic (exact) mass is 169 g/mol. The van der Waals surface area contributed by atoms with Crippen LogP contribution in [0.25, 0.3) is 0 Å². The molecule has 1 N–H and O–H groups in total. The maximum atomic E-state index is 8.49. The van der Waals surface area contributed by atoms with Crippen molar-refractivity contribution in [1.82, 2.24) is 0 Å². The Kier molecular flexibility index (Phi) is 3.12. The fourth-order valence-electron chi connectivity index (χ4n) is 2.61. The van der Waals surface area contributed by atoms with E-state index in [9.17, 15) is 0 Å². The summed E-state index contributed by atoms with van der Waals surface area (Å²) in [5, 5.41) is 11.6. The van der Waals surface area contributed by atoms with Gasteiger partial charge in [-0.15, -0.1) is 5.16 Å². The van der Waals surface area contributed by atoms with Crippen molar-refractivity contribution in [1.29, 1.82) is 0 Å². The minimum absolute atomic E-state index is 0.478. The van der Waals surface area contributed by atoms with Crippen molar-refractivity contribution < 1.29 is 5.21 Å². The SMILES string of the molecule is CC1CC(C)C(/C=N/O)C(C)C1. The number of nitrogens with zero attached hydrogens (tertiary/aromatic N) is 1. The molecule has 0 spiro atoms. The molecule has 0 heterocycles. The smallest absolute Gasteiger partial charge is 0.0472 e. The van der Waals surface area contributed by atoms with Crippen molar-refractivity contribution in [3.05, 3.63) is 0 Å². The highest BCUT2D eigenvalue weighted by atomic mass is 16.4. The second-order valence-corrected chi connectivity index (χ2v) is 4.37. The quantitative estimate of drug-likeness (QED) is 0.365. The maximum Gasteiger partial charge on any atom is 0.0472 e. The Hall–Kier alpha value is -0.530. The van der Waals surface area contributed by atoms with Gasteiger partial charge in [-0.2, -0.15) is 0 Å². The van der Waals surface area contributed by atoms with Crippen molar-refractivity contribution >= 4 is 6.21 Å². The topological polar surface area (TPSA) is 32.6 Å². The van der Waals surface area contributed by atoms with E-state index in [0.717, 1.165) is 5.92 Å². The minimum Gasteiger partial charge on any atom is -0.411 e. The summed E-state index contributed by atoms with van der Waals surface area (Å²) in [6.07, 6.45) is 4.24. The Bertz CT molecular complexity index is 155. The molecule has 1 aliphatic rings. The van der Waals surface area contributed by atoms with Crippen LogP contribution < -0.4 is 0 Å². The zero-order chi connectivity index (χ0) is 9.14. The second kappa shape index (κ2) is 3.92. The van der Waals surface area contributed by atoms with E-state index in [1.807, 2.05) is 0 Å². The fourth-order valence-corrected chi connectivity index (χ4v) is 2.61. The number of hydrogen-bond acceptors (Lipinski definition) is 2. The lowest BCUT2D eigenvalue weighted by Gasteiger charge is -2.35. The summed E-state index contributed by atoms with van der Waals surface area (Å²) < 4.78 is 0. The van der Waals surface area contributed by atoms with Gasteiger partial charge in [-0.25, -0.2) is 0 Å². The van der Waals surface area contributed by atoms with Gasteiger partial charge in [0.15, 0.2) is 0 Å². The molecular weight excluding hydrogens is 150 g/mol. The summed E-state index contributed by atoms with van der Waals surface area (Å²) in [4.78, 5) is 0. The highest BCUT2D eigenvalue weighted by Crippen LogP contribution is 2.36. The average molecular weight is 169 g/mol. The van der Waals surface area contributed by atoms with Crippen molar-refractivity contribution in [2.75, 3.05) is 0 Å². The summed E-state index contributed by atoms with van der Waals surface area (Å²) >= 11 is 0. The van der Waals surface area contributed by atoms with Gasteiger partial charge in [-0.05, 0) is 30.6 Å². The van der Waals surface area contributed by atoms with Gasteiger partial charge < -0.3 is 5.21 Å². The Labute approximate surface area is 74.7 Å². The predicted molar refractivity (Wildman–Crippen MR) is 50.5 cm³/mol. The fraction of sp³-hybridized carbons (Fsp3) is 0.900. The minimum atomic E-state index is 0.478. The van der Waals surface area contributed by atoms with E-state index in [-0.39, 0.29) is 0 Å². The van der Waals surface area contributed by atoms with Crippen LogP contribution in [0, 0.1) is 23.7 Å². The molecule has 2 heteroatoms. The lowest BCUT2D eigenvalue weighted by Crippen LogP contribution is -2.29. The van der Waals surface area contributed by atoms with E-state index >= 15 is 0 Å². The van der Waals surface area contributed by atoms with E-state index in [1.165, 1.54) is 12.8 Å². The van der Waals surface area contributed by atoms with Crippen molar-refractivity contribution in [2.24, 2.45) is 28.8 Å². The Balaban J connectivity index is 2.60. The first-order valence-electron chi connectivity index (χ1n) is 4.82. The van der Waals surface area contributed by atoms with E-state index in [0.29, 0.717) is 17.8 Å². The summed E-state index contributed by atoms with van der Waals surface area (Å²) in [6.45, 7) is 6.80. The third kappa shape index (κ3) is 1.99. The Morgan fingerprint density at radius 2 is 1.67 bits per heavy atom. The van der Waals surface area contributed by atoms with Crippen molar-refractivity contribution in [3.8, 4) is 0 Å². The molecule has 1 fully saturated rings. The molecular formula is C10H19NO. The second-order valence-electron chi connectivity index (χ2n) is 4.37. The van der Waals surface area contributed by atoms with Gasteiger partial charge in [0.1, 0.15) is 0 Å². The Morgan fingerprint density at radius 3 is 2.08 bits per heavy atom. The van der Waals surface area contributed by atoms with E-state index in [1.54, 1.807) is 6.21 Å². The van der Waals surface area contributed by atoms with Gasteiger partial charge in [-0.1, -0.05) is 20.8 Å².